The summed E-state index contributed by atoms with van der Waals surface area (Å²) in [6, 6.07) is 10.1. The van der Waals surface area contributed by atoms with Crippen LogP contribution in [0, 0.1) is 5.41 Å². The molecule has 2 heterocycles. The molecule has 1 saturated heterocycles. The van der Waals surface area contributed by atoms with E-state index in [4.69, 9.17) is 0 Å². The van der Waals surface area contributed by atoms with Crippen LogP contribution < -0.4 is 0 Å². The summed E-state index contributed by atoms with van der Waals surface area (Å²) in [6.45, 7) is 6.81. The van der Waals surface area contributed by atoms with Crippen molar-refractivity contribution in [3.63, 3.8) is 0 Å². The summed E-state index contributed by atoms with van der Waals surface area (Å²) in [4.78, 5) is 26.8. The van der Waals surface area contributed by atoms with E-state index in [0.29, 0.717) is 25.3 Å². The molecule has 28 heavy (non-hydrogen) atoms. The maximum absolute atomic E-state index is 12.6. The molecular formula is C21H31N5O2. The third-order valence-corrected chi connectivity index (χ3v) is 5.51. The monoisotopic (exact) mass is 385 g/mol. The van der Waals surface area contributed by atoms with Crippen LogP contribution in [-0.2, 0) is 22.6 Å². The van der Waals surface area contributed by atoms with Crippen LogP contribution in [0.3, 0.4) is 0 Å². The summed E-state index contributed by atoms with van der Waals surface area (Å²) in [6.07, 6.45) is 3.26. The Bertz CT molecular complexity index is 800. The Morgan fingerprint density at radius 2 is 1.93 bits per heavy atom. The van der Waals surface area contributed by atoms with Gasteiger partial charge in [-0.1, -0.05) is 58.5 Å². The summed E-state index contributed by atoms with van der Waals surface area (Å²) in [7, 11) is 0. The molecule has 7 nitrogen and oxygen atoms in total. The molecule has 0 saturated carbocycles. The van der Waals surface area contributed by atoms with Crippen molar-refractivity contribution >= 4 is 11.7 Å². The van der Waals surface area contributed by atoms with Gasteiger partial charge in [0.1, 0.15) is 0 Å². The van der Waals surface area contributed by atoms with Gasteiger partial charge in [0.15, 0.2) is 5.82 Å². The van der Waals surface area contributed by atoms with E-state index in [1.807, 2.05) is 39.0 Å². The van der Waals surface area contributed by atoms with Crippen LogP contribution in [-0.4, -0.2) is 43.3 Å². The number of rotatable bonds is 8. The van der Waals surface area contributed by atoms with E-state index in [-0.39, 0.29) is 19.3 Å². The molecule has 0 aliphatic carbocycles. The highest BCUT2D eigenvalue weighted by Crippen LogP contribution is 2.34. The van der Waals surface area contributed by atoms with Crippen LogP contribution in [0.25, 0.3) is 0 Å². The summed E-state index contributed by atoms with van der Waals surface area (Å²) in [5.74, 6) is -0.0838. The van der Waals surface area contributed by atoms with Crippen LogP contribution >= 0.6 is 0 Å². The number of amides is 1. The fourth-order valence-electron chi connectivity index (χ4n) is 3.17. The summed E-state index contributed by atoms with van der Waals surface area (Å²) in [5.41, 5.74) is 0.638. The molecule has 0 N–H and O–H groups in total. The van der Waals surface area contributed by atoms with Crippen molar-refractivity contribution in [2.24, 2.45) is 5.41 Å². The highest BCUT2D eigenvalue weighted by molar-refractivity contribution is 6.38. The lowest BCUT2D eigenvalue weighted by molar-refractivity contribution is -0.154. The molecular weight excluding hydrogens is 354 g/mol. The minimum atomic E-state index is -0.640. The number of hydrogen-bond acceptors (Lipinski definition) is 5. The molecule has 0 radical (unpaired) electrons. The smallest absolute Gasteiger partial charge is 0.291 e. The van der Waals surface area contributed by atoms with Gasteiger partial charge in [-0.05, 0) is 41.7 Å². The molecule has 2 aromatic rings. The molecule has 1 aromatic heterocycles. The first-order valence-electron chi connectivity index (χ1n) is 9.59. The third-order valence-electron chi connectivity index (χ3n) is 5.51. The zero-order valence-corrected chi connectivity index (χ0v) is 16.3. The van der Waals surface area contributed by atoms with Crippen LogP contribution in [0.4, 0.5) is 0 Å². The van der Waals surface area contributed by atoms with E-state index in [1.165, 1.54) is 5.56 Å². The van der Waals surface area contributed by atoms with E-state index in [0.717, 1.165) is 19.3 Å². The van der Waals surface area contributed by atoms with Gasteiger partial charge in [-0.2, -0.15) is 0 Å². The molecule has 1 aliphatic rings. The number of likely N-dealkylation sites (tertiary alicyclic amines) is 1. The van der Waals surface area contributed by atoms with Crippen molar-refractivity contribution in [2.45, 2.75) is 66.5 Å². The number of carbonyl (C=O) groups excluding carboxylic acids is 2. The van der Waals surface area contributed by atoms with E-state index >= 15 is 0 Å². The Morgan fingerprint density at radius 3 is 2.54 bits per heavy atom. The first kappa shape index (κ1) is 21.7. The van der Waals surface area contributed by atoms with Gasteiger partial charge in [-0.15, -0.1) is 5.10 Å². The molecule has 1 atom stereocenters. The molecule has 1 fully saturated rings. The molecule has 7 heteroatoms. The van der Waals surface area contributed by atoms with E-state index in [2.05, 4.69) is 27.7 Å². The topological polar surface area (TPSA) is 81.0 Å². The van der Waals surface area contributed by atoms with Crippen LogP contribution in [0.15, 0.2) is 30.3 Å². The Kier molecular flexibility index (Phi) is 7.05. The number of hydrogen-bond donors (Lipinski definition) is 0. The minimum Gasteiger partial charge on any atom is -0.326 e. The molecule has 1 aromatic carbocycles. The standard InChI is InChI=1S/C20H27N5O2.CH4/c1-4-20(2,3)17(26)19(27)24-14-12-16(24)18-21-22-23-25(18)13-8-11-15-9-6-5-7-10-15;/h5-7,9-10,16H,4,8,11-14H2,1-3H3;1H4/t16-;/m0./s1. The molecule has 0 unspecified atom stereocenters. The quantitative estimate of drug-likeness (QED) is 0.652. The van der Waals surface area contributed by atoms with E-state index in [1.54, 1.807) is 9.58 Å². The Hall–Kier alpha value is -2.57. The predicted octanol–water partition coefficient (Wildman–Crippen LogP) is 3.22. The molecule has 3 rings (SSSR count). The van der Waals surface area contributed by atoms with Gasteiger partial charge in [-0.3, -0.25) is 9.59 Å². The fraction of sp³-hybridized carbons (Fsp3) is 0.571. The highest BCUT2D eigenvalue weighted by atomic mass is 16.2. The molecule has 1 amide bonds. The molecule has 1 aliphatic heterocycles. The lowest BCUT2D eigenvalue weighted by Gasteiger charge is -2.40. The van der Waals surface area contributed by atoms with Gasteiger partial charge in [0.2, 0.25) is 5.78 Å². The second kappa shape index (κ2) is 9.08. The van der Waals surface area contributed by atoms with Gasteiger partial charge in [0.05, 0.1) is 6.04 Å². The van der Waals surface area contributed by atoms with Crippen molar-refractivity contribution in [2.75, 3.05) is 6.54 Å². The number of aromatic nitrogens is 4. The summed E-state index contributed by atoms with van der Waals surface area (Å²) < 4.78 is 1.77. The van der Waals surface area contributed by atoms with Crippen LogP contribution in [0.5, 0.6) is 0 Å². The fourth-order valence-corrected chi connectivity index (χ4v) is 3.17. The van der Waals surface area contributed by atoms with Crippen LogP contribution in [0.2, 0.25) is 0 Å². The number of Topliss-reactive ketones (excluding diaryl/α,β-unsaturated/α-hetero) is 1. The van der Waals surface area contributed by atoms with E-state index < -0.39 is 11.3 Å². The zero-order valence-electron chi connectivity index (χ0n) is 16.3. The summed E-state index contributed by atoms with van der Waals surface area (Å²) in [5, 5.41) is 12.0. The zero-order chi connectivity index (χ0) is 19.4. The average Bonchev–Trinajstić information content (AvgIpc) is 3.08. The minimum absolute atomic E-state index is 0. The van der Waals surface area contributed by atoms with Gasteiger partial charge in [0, 0.05) is 18.5 Å². The van der Waals surface area contributed by atoms with Gasteiger partial charge < -0.3 is 4.90 Å². The van der Waals surface area contributed by atoms with Crippen molar-refractivity contribution in [3.8, 4) is 0 Å². The van der Waals surface area contributed by atoms with Gasteiger partial charge in [0.25, 0.3) is 5.91 Å². The SMILES string of the molecule is C.CCC(C)(C)C(=O)C(=O)N1CC[C@H]1c1nnnn1CCCc1ccccc1. The Balaban J connectivity index is 0.00000280. The van der Waals surface area contributed by atoms with Gasteiger partial charge >= 0.3 is 0 Å². The van der Waals surface area contributed by atoms with Crippen molar-refractivity contribution < 1.29 is 9.59 Å². The lowest BCUT2D eigenvalue weighted by atomic mass is 9.83. The third kappa shape index (κ3) is 4.46. The molecule has 152 valence electrons. The van der Waals surface area contributed by atoms with E-state index in [9.17, 15) is 9.59 Å². The summed E-state index contributed by atoms with van der Waals surface area (Å²) >= 11 is 0. The van der Waals surface area contributed by atoms with Crippen molar-refractivity contribution in [1.82, 2.24) is 25.1 Å². The number of ketones is 1. The largest absolute Gasteiger partial charge is 0.326 e. The number of carbonyl (C=O) groups is 2. The maximum atomic E-state index is 12.6. The molecule has 0 spiro atoms. The normalized spacial score (nSPS) is 16.2. The average molecular weight is 386 g/mol. The van der Waals surface area contributed by atoms with Crippen LogP contribution in [0.1, 0.15) is 64.9 Å². The number of tetrazole rings is 1. The number of aryl methyl sites for hydroxylation is 2. The number of benzene rings is 1. The van der Waals surface area contributed by atoms with Crippen molar-refractivity contribution in [1.29, 1.82) is 0 Å². The highest BCUT2D eigenvalue weighted by Gasteiger charge is 2.43. The maximum Gasteiger partial charge on any atom is 0.291 e. The first-order valence-corrected chi connectivity index (χ1v) is 9.59. The Labute approximate surface area is 167 Å². The predicted molar refractivity (Wildman–Crippen MR) is 107 cm³/mol. The first-order chi connectivity index (χ1) is 12.9. The molecule has 0 bridgehead atoms. The van der Waals surface area contributed by atoms with Crippen molar-refractivity contribution in [3.05, 3.63) is 41.7 Å². The van der Waals surface area contributed by atoms with Gasteiger partial charge in [-0.25, -0.2) is 4.68 Å². The second-order valence-corrected chi connectivity index (χ2v) is 7.72. The number of nitrogens with zero attached hydrogens (tertiary/aromatic N) is 5. The Morgan fingerprint density at radius 1 is 1.21 bits per heavy atom. The second-order valence-electron chi connectivity index (χ2n) is 7.72. The lowest BCUT2D eigenvalue weighted by Crippen LogP contribution is -2.51.